The van der Waals surface area contributed by atoms with E-state index in [0.29, 0.717) is 18.2 Å². The first-order chi connectivity index (χ1) is 11.6. The predicted octanol–water partition coefficient (Wildman–Crippen LogP) is 3.16. The fourth-order valence-corrected chi connectivity index (χ4v) is 3.80. The molecular weight excluding hydrogens is 300 g/mol. The number of anilines is 1. The number of nitrogens with zero attached hydrogens (tertiary/aromatic N) is 2. The van der Waals surface area contributed by atoms with Crippen LogP contribution in [0.4, 0.5) is 5.69 Å². The quantitative estimate of drug-likeness (QED) is 0.850. The molecule has 1 aromatic carbocycles. The molecule has 0 spiro atoms. The van der Waals surface area contributed by atoms with Crippen LogP contribution >= 0.6 is 0 Å². The largest absolute Gasteiger partial charge is 0.381 e. The third-order valence-corrected chi connectivity index (χ3v) is 5.66. The molecule has 2 saturated heterocycles. The zero-order chi connectivity index (χ0) is 16.9. The van der Waals surface area contributed by atoms with Gasteiger partial charge in [0.05, 0.1) is 0 Å². The Bertz CT molecular complexity index is 559. The van der Waals surface area contributed by atoms with Crippen molar-refractivity contribution in [2.75, 3.05) is 44.3 Å². The van der Waals surface area contributed by atoms with E-state index in [-0.39, 0.29) is 0 Å². The second-order valence-electron chi connectivity index (χ2n) is 7.18. The van der Waals surface area contributed by atoms with Crippen molar-refractivity contribution in [1.29, 1.82) is 0 Å². The Hall–Kier alpha value is -1.55. The number of aryl methyl sites for hydroxylation is 1. The van der Waals surface area contributed by atoms with Crippen molar-refractivity contribution in [2.45, 2.75) is 39.5 Å². The Kier molecular flexibility index (Phi) is 5.77. The number of ether oxygens (including phenoxy) is 1. The summed E-state index contributed by atoms with van der Waals surface area (Å²) in [5, 5.41) is 0. The van der Waals surface area contributed by atoms with Crippen LogP contribution in [0.3, 0.4) is 0 Å². The van der Waals surface area contributed by atoms with Gasteiger partial charge in [-0.25, -0.2) is 0 Å². The molecule has 2 heterocycles. The van der Waals surface area contributed by atoms with E-state index in [4.69, 9.17) is 4.74 Å². The number of hydrogen-bond donors (Lipinski definition) is 0. The number of amides is 1. The average Bonchev–Trinajstić information content (AvgIpc) is 2.63. The van der Waals surface area contributed by atoms with Crippen LogP contribution in [0.25, 0.3) is 0 Å². The van der Waals surface area contributed by atoms with E-state index >= 15 is 0 Å². The standard InChI is InChI=1S/C20H30N2O2/c1-16-4-3-5-19(17(16)2)21-10-12-22(13-11-21)20(23)7-6-18-8-14-24-15-9-18/h3-5,18H,6-15H2,1-2H3. The Balaban J connectivity index is 1.47. The SMILES string of the molecule is Cc1cccc(N2CCN(C(=O)CCC3CCOCC3)CC2)c1C. The zero-order valence-electron chi connectivity index (χ0n) is 15.1. The van der Waals surface area contributed by atoms with Crippen molar-refractivity contribution in [2.24, 2.45) is 5.92 Å². The number of piperazine rings is 1. The van der Waals surface area contributed by atoms with Gasteiger partial charge in [-0.15, -0.1) is 0 Å². The lowest BCUT2D eigenvalue weighted by Crippen LogP contribution is -2.49. The summed E-state index contributed by atoms with van der Waals surface area (Å²) in [6, 6.07) is 6.49. The van der Waals surface area contributed by atoms with Crippen molar-refractivity contribution in [1.82, 2.24) is 4.90 Å². The first kappa shape index (κ1) is 17.3. The van der Waals surface area contributed by atoms with Gasteiger partial charge >= 0.3 is 0 Å². The molecule has 4 heteroatoms. The summed E-state index contributed by atoms with van der Waals surface area (Å²) in [5.74, 6) is 1.01. The molecule has 0 atom stereocenters. The summed E-state index contributed by atoms with van der Waals surface area (Å²) >= 11 is 0. The van der Waals surface area contributed by atoms with Crippen LogP contribution < -0.4 is 4.90 Å². The molecule has 0 aliphatic carbocycles. The highest BCUT2D eigenvalue weighted by Crippen LogP contribution is 2.25. The van der Waals surface area contributed by atoms with Crippen molar-refractivity contribution < 1.29 is 9.53 Å². The summed E-state index contributed by atoms with van der Waals surface area (Å²) in [6.45, 7) is 9.66. The number of carbonyl (C=O) groups excluding carboxylic acids is 1. The molecule has 0 radical (unpaired) electrons. The molecule has 0 saturated carbocycles. The van der Waals surface area contributed by atoms with Crippen LogP contribution in [-0.4, -0.2) is 50.2 Å². The zero-order valence-corrected chi connectivity index (χ0v) is 15.1. The van der Waals surface area contributed by atoms with Crippen LogP contribution in [-0.2, 0) is 9.53 Å². The molecule has 0 aromatic heterocycles. The van der Waals surface area contributed by atoms with E-state index in [0.717, 1.165) is 58.7 Å². The topological polar surface area (TPSA) is 32.8 Å². The van der Waals surface area contributed by atoms with Crippen LogP contribution in [0.2, 0.25) is 0 Å². The molecule has 1 amide bonds. The maximum atomic E-state index is 12.5. The van der Waals surface area contributed by atoms with Crippen molar-refractivity contribution in [3.8, 4) is 0 Å². The summed E-state index contributed by atoms with van der Waals surface area (Å²) in [4.78, 5) is 17.0. The highest BCUT2D eigenvalue weighted by Gasteiger charge is 2.23. The minimum atomic E-state index is 0.335. The number of rotatable bonds is 4. The highest BCUT2D eigenvalue weighted by molar-refractivity contribution is 5.76. The van der Waals surface area contributed by atoms with Crippen molar-refractivity contribution in [3.05, 3.63) is 29.3 Å². The fraction of sp³-hybridized carbons (Fsp3) is 0.650. The van der Waals surface area contributed by atoms with Gasteiger partial charge in [-0.3, -0.25) is 4.79 Å². The molecule has 0 unspecified atom stereocenters. The van der Waals surface area contributed by atoms with E-state index < -0.39 is 0 Å². The summed E-state index contributed by atoms with van der Waals surface area (Å²) < 4.78 is 5.39. The highest BCUT2D eigenvalue weighted by atomic mass is 16.5. The normalized spacial score (nSPS) is 19.6. The maximum Gasteiger partial charge on any atom is 0.222 e. The molecule has 24 heavy (non-hydrogen) atoms. The van der Waals surface area contributed by atoms with Gasteiger partial charge in [-0.2, -0.15) is 0 Å². The third kappa shape index (κ3) is 4.10. The number of carbonyl (C=O) groups is 1. The minimum Gasteiger partial charge on any atom is -0.381 e. The van der Waals surface area contributed by atoms with Crippen molar-refractivity contribution in [3.63, 3.8) is 0 Å². The molecule has 3 rings (SSSR count). The van der Waals surface area contributed by atoms with Gasteiger partial charge < -0.3 is 14.5 Å². The van der Waals surface area contributed by atoms with Crippen molar-refractivity contribution >= 4 is 11.6 Å². The van der Waals surface area contributed by atoms with E-state index in [1.807, 2.05) is 0 Å². The number of hydrogen-bond acceptors (Lipinski definition) is 3. The van der Waals surface area contributed by atoms with Gasteiger partial charge in [0.15, 0.2) is 0 Å². The lowest BCUT2D eigenvalue weighted by molar-refractivity contribution is -0.132. The lowest BCUT2D eigenvalue weighted by atomic mass is 9.94. The third-order valence-electron chi connectivity index (χ3n) is 5.66. The Morgan fingerprint density at radius 1 is 1.12 bits per heavy atom. The van der Waals surface area contributed by atoms with Gasteiger partial charge in [-0.05, 0) is 56.2 Å². The molecule has 2 aliphatic heterocycles. The minimum absolute atomic E-state index is 0.335. The van der Waals surface area contributed by atoms with E-state index in [9.17, 15) is 4.79 Å². The molecular formula is C20H30N2O2. The second kappa shape index (κ2) is 8.02. The molecule has 132 valence electrons. The van der Waals surface area contributed by atoms with E-state index in [2.05, 4.69) is 41.8 Å². The van der Waals surface area contributed by atoms with Crippen LogP contribution in [0.15, 0.2) is 18.2 Å². The Labute approximate surface area is 145 Å². The molecule has 0 N–H and O–H groups in total. The molecule has 2 fully saturated rings. The van der Waals surface area contributed by atoms with Gasteiger partial charge in [0.2, 0.25) is 5.91 Å². The van der Waals surface area contributed by atoms with Crippen LogP contribution in [0.5, 0.6) is 0 Å². The summed E-state index contributed by atoms with van der Waals surface area (Å²) in [5.41, 5.74) is 4.02. The molecule has 2 aliphatic rings. The average molecular weight is 330 g/mol. The lowest BCUT2D eigenvalue weighted by Gasteiger charge is -2.37. The number of benzene rings is 1. The van der Waals surface area contributed by atoms with Crippen LogP contribution in [0.1, 0.15) is 36.8 Å². The molecule has 1 aromatic rings. The van der Waals surface area contributed by atoms with Gasteiger partial charge in [0, 0.05) is 51.5 Å². The fourth-order valence-electron chi connectivity index (χ4n) is 3.80. The Morgan fingerprint density at radius 2 is 1.83 bits per heavy atom. The van der Waals surface area contributed by atoms with Gasteiger partial charge in [0.25, 0.3) is 0 Å². The predicted molar refractivity (Wildman–Crippen MR) is 97.5 cm³/mol. The first-order valence-corrected chi connectivity index (χ1v) is 9.32. The van der Waals surface area contributed by atoms with Crippen LogP contribution in [0, 0.1) is 19.8 Å². The smallest absolute Gasteiger partial charge is 0.222 e. The van der Waals surface area contributed by atoms with E-state index in [1.165, 1.54) is 16.8 Å². The van der Waals surface area contributed by atoms with Gasteiger partial charge in [-0.1, -0.05) is 12.1 Å². The second-order valence-corrected chi connectivity index (χ2v) is 7.18. The molecule has 0 bridgehead atoms. The van der Waals surface area contributed by atoms with Gasteiger partial charge in [0.1, 0.15) is 0 Å². The monoisotopic (exact) mass is 330 g/mol. The first-order valence-electron chi connectivity index (χ1n) is 9.32. The maximum absolute atomic E-state index is 12.5. The summed E-state index contributed by atoms with van der Waals surface area (Å²) in [6.07, 6.45) is 3.97. The summed E-state index contributed by atoms with van der Waals surface area (Å²) in [7, 11) is 0. The Morgan fingerprint density at radius 3 is 2.54 bits per heavy atom. The molecule has 4 nitrogen and oxygen atoms in total. The van der Waals surface area contributed by atoms with E-state index in [1.54, 1.807) is 0 Å².